The van der Waals surface area contributed by atoms with Gasteiger partial charge in [-0.15, -0.1) is 0 Å². The van der Waals surface area contributed by atoms with Crippen molar-refractivity contribution in [2.45, 2.75) is 18.9 Å². The van der Waals surface area contributed by atoms with E-state index in [9.17, 15) is 9.90 Å². The first-order valence-corrected chi connectivity index (χ1v) is 9.20. The number of hydrogen-bond donors (Lipinski definition) is 1. The van der Waals surface area contributed by atoms with Crippen molar-refractivity contribution in [2.75, 3.05) is 18.2 Å². The summed E-state index contributed by atoms with van der Waals surface area (Å²) in [6.07, 6.45) is 0. The minimum absolute atomic E-state index is 0.0555. The van der Waals surface area contributed by atoms with Crippen molar-refractivity contribution in [1.29, 1.82) is 0 Å². The van der Waals surface area contributed by atoms with Crippen LogP contribution < -0.4 is 19.8 Å². The third-order valence-electron chi connectivity index (χ3n) is 3.90. The van der Waals surface area contributed by atoms with Crippen LogP contribution in [0, 0.1) is 13.8 Å². The molecule has 3 aromatic rings. The van der Waals surface area contributed by atoms with E-state index in [0.717, 1.165) is 28.6 Å². The van der Waals surface area contributed by atoms with Gasteiger partial charge in [-0.25, -0.2) is 0 Å². The van der Waals surface area contributed by atoms with Crippen molar-refractivity contribution in [3.05, 3.63) is 53.6 Å². The van der Waals surface area contributed by atoms with Crippen LogP contribution in [0.1, 0.15) is 11.1 Å². The Labute approximate surface area is 160 Å². The van der Waals surface area contributed by atoms with E-state index in [4.69, 9.17) is 9.26 Å². The zero-order valence-electron chi connectivity index (χ0n) is 15.2. The number of aromatic nitrogens is 2. The molecule has 8 heteroatoms. The van der Waals surface area contributed by atoms with Crippen LogP contribution in [0.2, 0.25) is 0 Å². The second-order valence-electron chi connectivity index (χ2n) is 5.93. The predicted molar refractivity (Wildman–Crippen MR) is 99.3 cm³/mol. The van der Waals surface area contributed by atoms with Crippen molar-refractivity contribution in [2.24, 2.45) is 0 Å². The molecule has 1 N–H and O–H groups in total. The summed E-state index contributed by atoms with van der Waals surface area (Å²) < 4.78 is 11.3. The van der Waals surface area contributed by atoms with Gasteiger partial charge in [-0.3, -0.25) is 4.79 Å². The fourth-order valence-electron chi connectivity index (χ4n) is 2.44. The zero-order chi connectivity index (χ0) is 19.4. The maximum Gasteiger partial charge on any atom is 0.298 e. The van der Waals surface area contributed by atoms with Crippen LogP contribution in [-0.2, 0) is 4.79 Å². The highest BCUT2D eigenvalue weighted by atomic mass is 32.2. The first-order chi connectivity index (χ1) is 13.0. The topological polar surface area (TPSA) is 91.3 Å². The number of anilines is 1. The van der Waals surface area contributed by atoms with E-state index >= 15 is 0 Å². The first kappa shape index (κ1) is 18.8. The molecule has 0 aliphatic rings. The molecule has 7 nitrogen and oxygen atoms in total. The number of hydrogen-bond acceptors (Lipinski definition) is 6. The van der Waals surface area contributed by atoms with Gasteiger partial charge < -0.3 is 19.7 Å². The third-order valence-corrected chi connectivity index (χ3v) is 4.92. The number of nitrogens with one attached hydrogen (secondary N) is 1. The minimum Gasteiger partial charge on any atom is -0.538 e. The number of benzene rings is 2. The average molecular weight is 385 g/mol. The van der Waals surface area contributed by atoms with Crippen LogP contribution in [0.4, 0.5) is 5.69 Å². The van der Waals surface area contributed by atoms with Crippen molar-refractivity contribution in [3.8, 4) is 17.4 Å². The van der Waals surface area contributed by atoms with E-state index in [1.807, 2.05) is 32.0 Å². The van der Waals surface area contributed by atoms with Gasteiger partial charge >= 0.3 is 0 Å². The third kappa shape index (κ3) is 4.40. The van der Waals surface area contributed by atoms with Crippen LogP contribution >= 0.6 is 11.8 Å². The van der Waals surface area contributed by atoms with Gasteiger partial charge in [-0.1, -0.05) is 12.1 Å². The molecule has 27 heavy (non-hydrogen) atoms. The molecule has 0 fully saturated rings. The zero-order valence-corrected chi connectivity index (χ0v) is 16.0. The Hall–Kier alpha value is -3.00. The second kappa shape index (κ2) is 8.13. The summed E-state index contributed by atoms with van der Waals surface area (Å²) in [7, 11) is 1.57. The number of methoxy groups -OCH3 is 1. The molecule has 1 heterocycles. The highest BCUT2D eigenvalue weighted by Gasteiger charge is 2.22. The van der Waals surface area contributed by atoms with E-state index in [0.29, 0.717) is 11.4 Å². The van der Waals surface area contributed by atoms with Gasteiger partial charge in [-0.2, -0.15) is 0 Å². The van der Waals surface area contributed by atoms with Crippen LogP contribution in [0.5, 0.6) is 11.7 Å². The SMILES string of the molecule is COc1ccc(-[n+]2noc([O-])c2SCC(=O)Nc2cc(C)ccc2C)cc1. The molecule has 0 atom stereocenters. The lowest BCUT2D eigenvalue weighted by molar-refractivity contribution is -0.705. The molecular formula is C19H19N3O4S. The number of ether oxygens (including phenoxy) is 1. The van der Waals surface area contributed by atoms with Gasteiger partial charge in [-0.05, 0) is 59.6 Å². The molecule has 0 spiro atoms. The van der Waals surface area contributed by atoms with Gasteiger partial charge in [0.2, 0.25) is 11.6 Å². The molecule has 0 saturated heterocycles. The van der Waals surface area contributed by atoms with E-state index in [-0.39, 0.29) is 16.7 Å². The highest BCUT2D eigenvalue weighted by Crippen LogP contribution is 2.24. The summed E-state index contributed by atoms with van der Waals surface area (Å²) in [6.45, 7) is 3.89. The minimum atomic E-state index is -0.588. The quantitative estimate of drug-likeness (QED) is 0.517. The van der Waals surface area contributed by atoms with Gasteiger partial charge in [0.1, 0.15) is 5.75 Å². The molecule has 140 valence electrons. The summed E-state index contributed by atoms with van der Waals surface area (Å²) in [5, 5.41) is 18.8. The summed E-state index contributed by atoms with van der Waals surface area (Å²) in [5.41, 5.74) is 3.43. The second-order valence-corrected chi connectivity index (χ2v) is 6.89. The standard InChI is InChI=1S/C19H19N3O4S/c1-12-4-5-13(2)16(10-12)20-17(23)11-27-18-19(24)26-21-22(18)14-6-8-15(25-3)9-7-14/h4-10H,11H2,1-3H3,(H-,20,21,23,24). The lowest BCUT2D eigenvalue weighted by Crippen LogP contribution is -2.35. The highest BCUT2D eigenvalue weighted by molar-refractivity contribution is 7.99. The Morgan fingerprint density at radius 2 is 2.00 bits per heavy atom. The lowest BCUT2D eigenvalue weighted by atomic mass is 10.1. The molecule has 0 unspecified atom stereocenters. The summed E-state index contributed by atoms with van der Waals surface area (Å²) in [5.74, 6) is -0.0572. The Morgan fingerprint density at radius 3 is 2.70 bits per heavy atom. The molecule has 1 amide bonds. The molecule has 1 aromatic heterocycles. The van der Waals surface area contributed by atoms with Crippen LogP contribution in [0.15, 0.2) is 52.0 Å². The Balaban J connectivity index is 1.71. The molecule has 0 bridgehead atoms. The van der Waals surface area contributed by atoms with Crippen molar-refractivity contribution >= 4 is 23.4 Å². The van der Waals surface area contributed by atoms with Crippen molar-refractivity contribution < 1.29 is 23.8 Å². The molecule has 0 aliphatic heterocycles. The maximum absolute atomic E-state index is 12.3. The number of aryl methyl sites for hydroxylation is 2. The summed E-state index contributed by atoms with van der Waals surface area (Å²) in [6, 6.07) is 12.9. The van der Waals surface area contributed by atoms with Crippen LogP contribution in [0.25, 0.3) is 5.69 Å². The Kier molecular flexibility index (Phi) is 5.66. The molecule has 2 aromatic carbocycles. The van der Waals surface area contributed by atoms with Crippen LogP contribution in [-0.4, -0.2) is 24.0 Å². The number of rotatable bonds is 6. The van der Waals surface area contributed by atoms with Gasteiger partial charge in [0.25, 0.3) is 5.03 Å². The Bertz CT molecular complexity index is 954. The lowest BCUT2D eigenvalue weighted by Gasteiger charge is -2.08. The average Bonchev–Trinajstić information content (AvgIpc) is 3.03. The smallest absolute Gasteiger partial charge is 0.298 e. The molecule has 0 aliphatic carbocycles. The van der Waals surface area contributed by atoms with E-state index in [1.54, 1.807) is 31.4 Å². The molecular weight excluding hydrogens is 366 g/mol. The fourth-order valence-corrected chi connectivity index (χ4v) is 3.20. The maximum atomic E-state index is 12.3. The van der Waals surface area contributed by atoms with E-state index < -0.39 is 5.95 Å². The van der Waals surface area contributed by atoms with Crippen molar-refractivity contribution in [3.63, 3.8) is 0 Å². The van der Waals surface area contributed by atoms with Gasteiger partial charge in [0.05, 0.1) is 18.1 Å². The number of thioether (sulfide) groups is 1. The van der Waals surface area contributed by atoms with Gasteiger partial charge in [0.15, 0.2) is 5.95 Å². The largest absolute Gasteiger partial charge is 0.538 e. The van der Waals surface area contributed by atoms with E-state index in [1.165, 1.54) is 4.68 Å². The monoisotopic (exact) mass is 385 g/mol. The summed E-state index contributed by atoms with van der Waals surface area (Å²) >= 11 is 1.07. The Morgan fingerprint density at radius 1 is 1.26 bits per heavy atom. The molecule has 3 rings (SSSR count). The number of carbonyl (C=O) groups excluding carboxylic acids is 1. The van der Waals surface area contributed by atoms with Crippen molar-refractivity contribution in [1.82, 2.24) is 5.27 Å². The van der Waals surface area contributed by atoms with Gasteiger partial charge in [0, 0.05) is 17.8 Å². The molecule has 0 radical (unpaired) electrons. The number of nitrogens with zero attached hydrogens (tertiary/aromatic N) is 2. The van der Waals surface area contributed by atoms with Crippen LogP contribution in [0.3, 0.4) is 0 Å². The predicted octanol–water partition coefficient (Wildman–Crippen LogP) is 2.38. The number of amides is 1. The normalized spacial score (nSPS) is 10.6. The fraction of sp³-hybridized carbons (Fsp3) is 0.211. The van der Waals surface area contributed by atoms with E-state index in [2.05, 4.69) is 10.6 Å². The summed E-state index contributed by atoms with van der Waals surface area (Å²) in [4.78, 5) is 12.3. The molecule has 0 saturated carbocycles. The first-order valence-electron chi connectivity index (χ1n) is 8.21. The number of carbonyl (C=O) groups is 1.